The number of thioether (sulfide) groups is 1. The van der Waals surface area contributed by atoms with Gasteiger partial charge in [-0.25, -0.2) is 0 Å². The monoisotopic (exact) mass is 409 g/mol. The van der Waals surface area contributed by atoms with E-state index in [2.05, 4.69) is 46.8 Å². The van der Waals surface area contributed by atoms with E-state index in [0.29, 0.717) is 5.16 Å². The smallest absolute Gasteiger partial charge is 0.233 e. The summed E-state index contributed by atoms with van der Waals surface area (Å²) in [6, 6.07) is 16.5. The average molecular weight is 410 g/mol. The van der Waals surface area contributed by atoms with Gasteiger partial charge >= 0.3 is 0 Å². The Morgan fingerprint density at radius 1 is 1.10 bits per heavy atom. The van der Waals surface area contributed by atoms with E-state index >= 15 is 0 Å². The largest absolute Gasteiger partial charge is 0.353 e. The molecule has 3 aromatic rings. The maximum Gasteiger partial charge on any atom is 0.233 e. The van der Waals surface area contributed by atoms with Crippen molar-refractivity contribution in [3.63, 3.8) is 0 Å². The highest BCUT2D eigenvalue weighted by Crippen LogP contribution is 2.24. The number of tetrazole rings is 1. The van der Waals surface area contributed by atoms with Crippen LogP contribution in [0.1, 0.15) is 37.0 Å². The van der Waals surface area contributed by atoms with Gasteiger partial charge < -0.3 is 5.32 Å². The molecular formula is C22H27N5OS. The number of benzene rings is 2. The van der Waals surface area contributed by atoms with Crippen LogP contribution in [0.4, 0.5) is 0 Å². The minimum atomic E-state index is -0.300. The van der Waals surface area contributed by atoms with Crippen molar-refractivity contribution in [2.75, 3.05) is 0 Å². The predicted molar refractivity (Wildman–Crippen MR) is 116 cm³/mol. The molecule has 3 rings (SSSR count). The summed E-state index contributed by atoms with van der Waals surface area (Å²) in [5, 5.41) is 15.4. The molecule has 1 amide bonds. The van der Waals surface area contributed by atoms with Gasteiger partial charge in [-0.05, 0) is 79.8 Å². The van der Waals surface area contributed by atoms with E-state index in [1.807, 2.05) is 50.2 Å². The van der Waals surface area contributed by atoms with Crippen LogP contribution in [-0.4, -0.2) is 37.4 Å². The number of nitrogens with zero attached hydrogens (tertiary/aromatic N) is 4. The Labute approximate surface area is 176 Å². The molecule has 1 heterocycles. The maximum atomic E-state index is 12.6. The molecule has 1 N–H and O–H groups in total. The molecule has 0 unspecified atom stereocenters. The Bertz CT molecular complexity index is 957. The quantitative estimate of drug-likeness (QED) is 0.571. The zero-order valence-electron chi connectivity index (χ0n) is 17.3. The zero-order chi connectivity index (χ0) is 20.8. The SMILES string of the molecule is Cc1ccc(-n2nnnc2S[C@@H](C)C(=O)N[C@@H](C)CCc2ccccc2)cc1C. The van der Waals surface area contributed by atoms with Gasteiger partial charge in [-0.1, -0.05) is 48.2 Å². The number of rotatable bonds is 8. The number of aryl methyl sites for hydroxylation is 3. The molecule has 0 bridgehead atoms. The molecule has 0 fully saturated rings. The summed E-state index contributed by atoms with van der Waals surface area (Å²) in [6.07, 6.45) is 1.84. The van der Waals surface area contributed by atoms with Crippen molar-refractivity contribution in [1.29, 1.82) is 0 Å². The third-order valence-corrected chi connectivity index (χ3v) is 5.96. The first kappa shape index (κ1) is 21.0. The standard InChI is InChI=1S/C22H27N5OS/c1-15-10-13-20(14-16(15)2)27-22(24-25-26-27)29-18(4)21(28)23-17(3)11-12-19-8-6-5-7-9-19/h5-10,13-14,17-18H,11-12H2,1-4H3,(H,23,28)/t17-,18-/m0/s1. The number of carbonyl (C=O) groups is 1. The van der Waals surface area contributed by atoms with Crippen molar-refractivity contribution in [2.45, 2.75) is 57.0 Å². The van der Waals surface area contributed by atoms with Crippen LogP contribution in [0, 0.1) is 13.8 Å². The third-order valence-electron chi connectivity index (χ3n) is 4.92. The van der Waals surface area contributed by atoms with E-state index in [-0.39, 0.29) is 17.2 Å². The van der Waals surface area contributed by atoms with Crippen LogP contribution in [0.5, 0.6) is 0 Å². The molecule has 29 heavy (non-hydrogen) atoms. The Kier molecular flexibility index (Phi) is 7.04. The molecule has 0 saturated carbocycles. The highest BCUT2D eigenvalue weighted by Gasteiger charge is 2.20. The van der Waals surface area contributed by atoms with Crippen LogP contribution in [0.25, 0.3) is 5.69 Å². The number of carbonyl (C=O) groups excluding carboxylic acids is 1. The van der Waals surface area contributed by atoms with Crippen LogP contribution in [0.3, 0.4) is 0 Å². The summed E-state index contributed by atoms with van der Waals surface area (Å²) in [6.45, 7) is 8.04. The first-order valence-electron chi connectivity index (χ1n) is 9.81. The Morgan fingerprint density at radius 2 is 1.86 bits per heavy atom. The minimum absolute atomic E-state index is 0.00908. The zero-order valence-corrected chi connectivity index (χ0v) is 18.1. The maximum absolute atomic E-state index is 12.6. The molecule has 0 aliphatic carbocycles. The van der Waals surface area contributed by atoms with Crippen molar-refractivity contribution in [3.8, 4) is 5.69 Å². The summed E-state index contributed by atoms with van der Waals surface area (Å²) in [4.78, 5) is 12.6. The molecule has 7 heteroatoms. The summed E-state index contributed by atoms with van der Waals surface area (Å²) >= 11 is 1.36. The normalized spacial score (nSPS) is 13.1. The first-order chi connectivity index (χ1) is 13.9. The van der Waals surface area contributed by atoms with Crippen LogP contribution < -0.4 is 5.32 Å². The molecule has 0 aliphatic rings. The van der Waals surface area contributed by atoms with Gasteiger partial charge in [0.05, 0.1) is 10.9 Å². The van der Waals surface area contributed by atoms with Crippen LogP contribution in [0.15, 0.2) is 53.7 Å². The number of amides is 1. The fourth-order valence-electron chi connectivity index (χ4n) is 2.94. The molecule has 2 aromatic carbocycles. The van der Waals surface area contributed by atoms with E-state index in [9.17, 15) is 4.79 Å². The van der Waals surface area contributed by atoms with Crippen molar-refractivity contribution in [2.24, 2.45) is 0 Å². The Morgan fingerprint density at radius 3 is 2.59 bits per heavy atom. The van der Waals surface area contributed by atoms with Gasteiger partial charge in [-0.15, -0.1) is 5.10 Å². The molecule has 152 valence electrons. The molecule has 6 nitrogen and oxygen atoms in total. The van der Waals surface area contributed by atoms with Gasteiger partial charge in [0.1, 0.15) is 0 Å². The lowest BCUT2D eigenvalue weighted by Crippen LogP contribution is -2.38. The highest BCUT2D eigenvalue weighted by atomic mass is 32.2. The summed E-state index contributed by atoms with van der Waals surface area (Å²) in [5.41, 5.74) is 4.56. The topological polar surface area (TPSA) is 72.7 Å². The van der Waals surface area contributed by atoms with E-state index < -0.39 is 0 Å². The molecule has 0 aliphatic heterocycles. The molecule has 2 atom stereocenters. The van der Waals surface area contributed by atoms with Crippen molar-refractivity contribution >= 4 is 17.7 Å². The van der Waals surface area contributed by atoms with E-state index in [0.717, 1.165) is 18.5 Å². The van der Waals surface area contributed by atoms with Crippen molar-refractivity contribution in [3.05, 3.63) is 65.2 Å². The molecule has 1 aromatic heterocycles. The van der Waals surface area contributed by atoms with Gasteiger partial charge in [0.2, 0.25) is 11.1 Å². The van der Waals surface area contributed by atoms with Gasteiger partial charge in [0.25, 0.3) is 0 Å². The van der Waals surface area contributed by atoms with Gasteiger partial charge in [0, 0.05) is 6.04 Å². The second-order valence-corrected chi connectivity index (χ2v) is 8.64. The number of hydrogen-bond acceptors (Lipinski definition) is 5. The molecule has 0 saturated heterocycles. The van der Waals surface area contributed by atoms with Crippen LogP contribution >= 0.6 is 11.8 Å². The van der Waals surface area contributed by atoms with Crippen molar-refractivity contribution in [1.82, 2.24) is 25.5 Å². The summed E-state index contributed by atoms with van der Waals surface area (Å²) < 4.78 is 1.68. The summed E-state index contributed by atoms with van der Waals surface area (Å²) in [5.74, 6) is -0.00908. The van der Waals surface area contributed by atoms with E-state index in [1.165, 1.54) is 28.5 Å². The lowest BCUT2D eigenvalue weighted by molar-refractivity contribution is -0.120. The first-order valence-corrected chi connectivity index (χ1v) is 10.7. The fraction of sp³-hybridized carbons (Fsp3) is 0.364. The Hall–Kier alpha value is -2.67. The number of aromatic nitrogens is 4. The summed E-state index contributed by atoms with van der Waals surface area (Å²) in [7, 11) is 0. The second-order valence-electron chi connectivity index (χ2n) is 7.34. The lowest BCUT2D eigenvalue weighted by Gasteiger charge is -2.17. The van der Waals surface area contributed by atoms with Gasteiger partial charge in [-0.2, -0.15) is 4.68 Å². The third kappa shape index (κ3) is 5.67. The van der Waals surface area contributed by atoms with Crippen LogP contribution in [0.2, 0.25) is 0 Å². The highest BCUT2D eigenvalue weighted by molar-refractivity contribution is 8.00. The fourth-order valence-corrected chi connectivity index (χ4v) is 3.76. The van der Waals surface area contributed by atoms with E-state index in [4.69, 9.17) is 0 Å². The average Bonchev–Trinajstić information content (AvgIpc) is 3.17. The lowest BCUT2D eigenvalue weighted by atomic mass is 10.1. The van der Waals surface area contributed by atoms with Crippen LogP contribution in [-0.2, 0) is 11.2 Å². The van der Waals surface area contributed by atoms with Gasteiger partial charge in [-0.3, -0.25) is 4.79 Å². The number of hydrogen-bond donors (Lipinski definition) is 1. The Balaban J connectivity index is 1.57. The van der Waals surface area contributed by atoms with E-state index in [1.54, 1.807) is 4.68 Å². The second kappa shape index (κ2) is 9.69. The molecular weight excluding hydrogens is 382 g/mol. The molecule has 0 spiro atoms. The van der Waals surface area contributed by atoms with Gasteiger partial charge in [0.15, 0.2) is 0 Å². The minimum Gasteiger partial charge on any atom is -0.353 e. The predicted octanol–water partition coefficient (Wildman–Crippen LogP) is 3.90. The van der Waals surface area contributed by atoms with Crippen molar-refractivity contribution < 1.29 is 4.79 Å². The number of nitrogens with one attached hydrogen (secondary N) is 1. The molecule has 0 radical (unpaired) electrons.